The van der Waals surface area contributed by atoms with Crippen LogP contribution >= 0.6 is 11.3 Å². The van der Waals surface area contributed by atoms with Crippen LogP contribution < -0.4 is 14.8 Å². The predicted octanol–water partition coefficient (Wildman–Crippen LogP) is 3.09. The van der Waals surface area contributed by atoms with Gasteiger partial charge in [0.1, 0.15) is 13.2 Å². The Hall–Kier alpha value is -1.75. The number of fused-ring (bicyclic) bond motifs is 1. The molecule has 1 aliphatic heterocycles. The minimum Gasteiger partial charge on any atom is -0.486 e. The van der Waals surface area contributed by atoms with Crippen molar-refractivity contribution in [1.29, 1.82) is 0 Å². The highest BCUT2D eigenvalue weighted by atomic mass is 32.1. The zero-order valence-electron chi connectivity index (χ0n) is 10.1. The van der Waals surface area contributed by atoms with E-state index in [-0.39, 0.29) is 6.04 Å². The summed E-state index contributed by atoms with van der Waals surface area (Å²) < 4.78 is 11.1. The lowest BCUT2D eigenvalue weighted by atomic mass is 10.2. The fourth-order valence-corrected chi connectivity index (χ4v) is 2.52. The number of aromatic nitrogens is 1. The standard InChI is InChI=1S/C13H14N2O2S/c1-9(13-7-14-8-18-13)15-10-2-3-11-12(6-10)17-5-4-16-11/h2-3,6-9,15H,4-5H2,1H3. The van der Waals surface area contributed by atoms with Gasteiger partial charge in [0.15, 0.2) is 11.5 Å². The Balaban J connectivity index is 1.77. The van der Waals surface area contributed by atoms with Crippen LogP contribution in [0.25, 0.3) is 0 Å². The summed E-state index contributed by atoms with van der Waals surface area (Å²) in [5, 5.41) is 3.43. The van der Waals surface area contributed by atoms with Gasteiger partial charge < -0.3 is 14.8 Å². The molecule has 0 saturated carbocycles. The molecule has 94 valence electrons. The van der Waals surface area contributed by atoms with E-state index in [2.05, 4.69) is 17.2 Å². The highest BCUT2D eigenvalue weighted by molar-refractivity contribution is 7.09. The van der Waals surface area contributed by atoms with Crippen molar-refractivity contribution in [3.05, 3.63) is 34.8 Å². The molecule has 4 nitrogen and oxygen atoms in total. The van der Waals surface area contributed by atoms with E-state index < -0.39 is 0 Å². The van der Waals surface area contributed by atoms with Crippen LogP contribution in [0.3, 0.4) is 0 Å². The van der Waals surface area contributed by atoms with E-state index in [1.54, 1.807) is 11.3 Å². The van der Waals surface area contributed by atoms with E-state index in [0.717, 1.165) is 17.2 Å². The van der Waals surface area contributed by atoms with Crippen molar-refractivity contribution in [3.63, 3.8) is 0 Å². The maximum Gasteiger partial charge on any atom is 0.163 e. The Labute approximate surface area is 110 Å². The van der Waals surface area contributed by atoms with Gasteiger partial charge in [-0.2, -0.15) is 0 Å². The normalized spacial score (nSPS) is 15.2. The molecule has 0 radical (unpaired) electrons. The fraction of sp³-hybridized carbons (Fsp3) is 0.308. The molecular weight excluding hydrogens is 248 g/mol. The second-order valence-corrected chi connectivity index (χ2v) is 5.05. The topological polar surface area (TPSA) is 43.4 Å². The first kappa shape index (κ1) is 11.3. The summed E-state index contributed by atoms with van der Waals surface area (Å²) in [6.07, 6.45) is 1.89. The van der Waals surface area contributed by atoms with E-state index in [9.17, 15) is 0 Å². The molecule has 2 heterocycles. The van der Waals surface area contributed by atoms with Crippen molar-refractivity contribution >= 4 is 17.0 Å². The Bertz CT molecular complexity index is 528. The lowest BCUT2D eigenvalue weighted by Crippen LogP contribution is -2.15. The van der Waals surface area contributed by atoms with Crippen molar-refractivity contribution in [2.45, 2.75) is 13.0 Å². The number of thiazole rings is 1. The Morgan fingerprint density at radius 2 is 2.11 bits per heavy atom. The van der Waals surface area contributed by atoms with Crippen LogP contribution in [0.1, 0.15) is 17.8 Å². The number of rotatable bonds is 3. The summed E-state index contributed by atoms with van der Waals surface area (Å²) >= 11 is 1.65. The van der Waals surface area contributed by atoms with Crippen LogP contribution in [0.4, 0.5) is 5.69 Å². The summed E-state index contributed by atoms with van der Waals surface area (Å²) in [7, 11) is 0. The highest BCUT2D eigenvalue weighted by Gasteiger charge is 2.13. The van der Waals surface area contributed by atoms with Crippen LogP contribution in [0.2, 0.25) is 0 Å². The predicted molar refractivity (Wildman–Crippen MR) is 71.6 cm³/mol. The molecule has 1 aromatic carbocycles. The first-order chi connectivity index (χ1) is 8.83. The van der Waals surface area contributed by atoms with Crippen LogP contribution in [-0.2, 0) is 0 Å². The molecule has 0 bridgehead atoms. The maximum absolute atomic E-state index is 5.56. The summed E-state index contributed by atoms with van der Waals surface area (Å²) in [4.78, 5) is 5.30. The molecule has 1 aliphatic rings. The van der Waals surface area contributed by atoms with Gasteiger partial charge in [0.25, 0.3) is 0 Å². The molecule has 0 saturated heterocycles. The maximum atomic E-state index is 5.56. The fourth-order valence-electron chi connectivity index (χ4n) is 1.89. The summed E-state index contributed by atoms with van der Waals surface area (Å²) in [5.74, 6) is 1.62. The van der Waals surface area contributed by atoms with Gasteiger partial charge in [-0.25, -0.2) is 0 Å². The molecule has 1 N–H and O–H groups in total. The van der Waals surface area contributed by atoms with Crippen LogP contribution in [0.5, 0.6) is 11.5 Å². The Morgan fingerprint density at radius 1 is 1.28 bits per heavy atom. The number of nitrogens with one attached hydrogen (secondary N) is 1. The first-order valence-corrected chi connectivity index (χ1v) is 6.75. The zero-order valence-corrected chi connectivity index (χ0v) is 10.9. The molecule has 2 aromatic rings. The lowest BCUT2D eigenvalue weighted by Gasteiger charge is -2.20. The van der Waals surface area contributed by atoms with Gasteiger partial charge in [-0.15, -0.1) is 11.3 Å². The van der Waals surface area contributed by atoms with E-state index >= 15 is 0 Å². The van der Waals surface area contributed by atoms with E-state index in [1.165, 1.54) is 4.88 Å². The highest BCUT2D eigenvalue weighted by Crippen LogP contribution is 2.33. The zero-order chi connectivity index (χ0) is 12.4. The number of hydrogen-bond donors (Lipinski definition) is 1. The second-order valence-electron chi connectivity index (χ2n) is 4.13. The quantitative estimate of drug-likeness (QED) is 0.923. The smallest absolute Gasteiger partial charge is 0.163 e. The van der Waals surface area contributed by atoms with Gasteiger partial charge in [-0.3, -0.25) is 4.98 Å². The molecule has 1 unspecified atom stereocenters. The van der Waals surface area contributed by atoms with Crippen molar-refractivity contribution in [2.75, 3.05) is 18.5 Å². The third kappa shape index (κ3) is 2.26. The molecule has 0 fully saturated rings. The van der Waals surface area contributed by atoms with Gasteiger partial charge in [0, 0.05) is 22.8 Å². The first-order valence-electron chi connectivity index (χ1n) is 5.87. The van der Waals surface area contributed by atoms with Gasteiger partial charge >= 0.3 is 0 Å². The average Bonchev–Trinajstić information content (AvgIpc) is 2.92. The Morgan fingerprint density at radius 3 is 2.89 bits per heavy atom. The number of benzene rings is 1. The average molecular weight is 262 g/mol. The van der Waals surface area contributed by atoms with Crippen LogP contribution in [0.15, 0.2) is 29.9 Å². The number of anilines is 1. The second kappa shape index (κ2) is 4.86. The molecule has 0 amide bonds. The van der Waals surface area contributed by atoms with E-state index in [1.807, 2.05) is 29.9 Å². The summed E-state index contributed by atoms with van der Waals surface area (Å²) in [5.41, 5.74) is 2.87. The monoisotopic (exact) mass is 262 g/mol. The molecule has 1 aromatic heterocycles. The number of hydrogen-bond acceptors (Lipinski definition) is 5. The largest absolute Gasteiger partial charge is 0.486 e. The molecule has 5 heteroatoms. The molecular formula is C13H14N2O2S. The molecule has 3 rings (SSSR count). The van der Waals surface area contributed by atoms with Crippen LogP contribution in [0, 0.1) is 0 Å². The van der Waals surface area contributed by atoms with Crippen molar-refractivity contribution in [2.24, 2.45) is 0 Å². The Kier molecular flexibility index (Phi) is 3.06. The molecule has 18 heavy (non-hydrogen) atoms. The van der Waals surface area contributed by atoms with E-state index in [0.29, 0.717) is 13.2 Å². The van der Waals surface area contributed by atoms with Crippen LogP contribution in [-0.4, -0.2) is 18.2 Å². The van der Waals surface area contributed by atoms with Gasteiger partial charge in [-0.1, -0.05) is 0 Å². The summed E-state index contributed by atoms with van der Waals surface area (Å²) in [6, 6.07) is 6.16. The SMILES string of the molecule is CC(Nc1ccc2c(c1)OCCO2)c1cncs1. The molecule has 0 spiro atoms. The van der Waals surface area contributed by atoms with Crippen molar-refractivity contribution in [3.8, 4) is 11.5 Å². The van der Waals surface area contributed by atoms with E-state index in [4.69, 9.17) is 9.47 Å². The minimum atomic E-state index is 0.236. The molecule has 1 atom stereocenters. The van der Waals surface area contributed by atoms with Gasteiger partial charge in [0.05, 0.1) is 11.6 Å². The third-order valence-electron chi connectivity index (χ3n) is 2.80. The lowest BCUT2D eigenvalue weighted by molar-refractivity contribution is 0.171. The number of nitrogens with zero attached hydrogens (tertiary/aromatic N) is 1. The number of ether oxygens (including phenoxy) is 2. The third-order valence-corrected chi connectivity index (χ3v) is 3.76. The van der Waals surface area contributed by atoms with Crippen molar-refractivity contribution < 1.29 is 9.47 Å². The minimum absolute atomic E-state index is 0.236. The summed E-state index contributed by atoms with van der Waals surface area (Å²) in [6.45, 7) is 3.35. The van der Waals surface area contributed by atoms with Gasteiger partial charge in [-0.05, 0) is 19.1 Å². The molecule has 0 aliphatic carbocycles. The van der Waals surface area contributed by atoms with Gasteiger partial charge in [0.2, 0.25) is 0 Å². The van der Waals surface area contributed by atoms with Crippen molar-refractivity contribution in [1.82, 2.24) is 4.98 Å².